The van der Waals surface area contributed by atoms with E-state index in [0.717, 1.165) is 18.4 Å². The van der Waals surface area contributed by atoms with Gasteiger partial charge in [-0.15, -0.1) is 0 Å². The molecule has 0 bridgehead atoms. The summed E-state index contributed by atoms with van der Waals surface area (Å²) in [7, 11) is 0. The summed E-state index contributed by atoms with van der Waals surface area (Å²) in [5, 5.41) is 0. The molecule has 2 rings (SSSR count). The fraction of sp³-hybridized carbons (Fsp3) is 0.435. The Kier molecular flexibility index (Phi) is 8.47. The second-order valence-corrected chi connectivity index (χ2v) is 6.63. The van der Waals surface area contributed by atoms with Crippen LogP contribution in [0.5, 0.6) is 0 Å². The van der Waals surface area contributed by atoms with Crippen molar-refractivity contribution in [1.82, 2.24) is 0 Å². The lowest BCUT2D eigenvalue weighted by molar-refractivity contribution is -0.171. The fourth-order valence-corrected chi connectivity index (χ4v) is 2.63. The van der Waals surface area contributed by atoms with Gasteiger partial charge in [0, 0.05) is 12.3 Å². The number of allylic oxidation sites excluding steroid dienone is 2. The van der Waals surface area contributed by atoms with Gasteiger partial charge in [-0.25, -0.2) is 4.79 Å². The molecule has 0 unspecified atom stereocenters. The van der Waals surface area contributed by atoms with Gasteiger partial charge >= 0.3 is 17.9 Å². The third kappa shape index (κ3) is 6.79. The zero-order valence-electron chi connectivity index (χ0n) is 16.9. The van der Waals surface area contributed by atoms with E-state index in [9.17, 15) is 14.4 Å². The van der Waals surface area contributed by atoms with Crippen molar-refractivity contribution in [3.05, 3.63) is 47.5 Å². The summed E-state index contributed by atoms with van der Waals surface area (Å²) in [5.41, 5.74) is 0.429. The number of carbonyl (C=O) groups is 3. The Morgan fingerprint density at radius 1 is 1.00 bits per heavy atom. The highest BCUT2D eigenvalue weighted by Crippen LogP contribution is 2.35. The van der Waals surface area contributed by atoms with Gasteiger partial charge in [0.25, 0.3) is 0 Å². The van der Waals surface area contributed by atoms with Gasteiger partial charge in [0.15, 0.2) is 5.41 Å². The van der Waals surface area contributed by atoms with Crippen LogP contribution in [0.3, 0.4) is 0 Å². The molecule has 1 aromatic rings. The number of ether oxygens (including phenoxy) is 3. The van der Waals surface area contributed by atoms with E-state index >= 15 is 0 Å². The first-order valence-electron chi connectivity index (χ1n) is 9.73. The molecule has 0 N–H and O–H groups in total. The lowest BCUT2D eigenvalue weighted by Crippen LogP contribution is -2.41. The van der Waals surface area contributed by atoms with Gasteiger partial charge < -0.3 is 14.2 Å². The van der Waals surface area contributed by atoms with Gasteiger partial charge in [0.05, 0.1) is 13.2 Å². The molecule has 0 atom stereocenters. The summed E-state index contributed by atoms with van der Waals surface area (Å²) in [6.45, 7) is 3.69. The molecule has 1 saturated carbocycles. The predicted molar refractivity (Wildman–Crippen MR) is 106 cm³/mol. The maximum atomic E-state index is 12.7. The standard InChI is InChI=1S/C23H26O6/c1-3-27-21(25)23(22(26)28-4-2,16-14-18-12-13-18)15-8-11-20(24)29-17-19-9-6-5-7-10-19/h5-7,9-10,14H,3-4,12-13,15-17H2,1-2H3. The van der Waals surface area contributed by atoms with Crippen LogP contribution in [-0.4, -0.2) is 31.1 Å². The van der Waals surface area contributed by atoms with E-state index in [1.54, 1.807) is 13.8 Å². The molecule has 0 aliphatic heterocycles. The molecule has 1 aromatic carbocycles. The zero-order valence-corrected chi connectivity index (χ0v) is 16.9. The Morgan fingerprint density at radius 2 is 1.62 bits per heavy atom. The molecule has 1 aliphatic rings. The van der Waals surface area contributed by atoms with Crippen molar-refractivity contribution in [3.8, 4) is 11.8 Å². The first-order chi connectivity index (χ1) is 14.0. The van der Waals surface area contributed by atoms with Crippen LogP contribution in [0.4, 0.5) is 0 Å². The number of benzene rings is 1. The van der Waals surface area contributed by atoms with Crippen molar-refractivity contribution in [2.45, 2.75) is 46.1 Å². The molecule has 0 radical (unpaired) electrons. The molecule has 6 nitrogen and oxygen atoms in total. The van der Waals surface area contributed by atoms with Crippen LogP contribution in [0.15, 0.2) is 42.0 Å². The molecular weight excluding hydrogens is 372 g/mol. The minimum absolute atomic E-state index is 0.0986. The van der Waals surface area contributed by atoms with E-state index in [2.05, 4.69) is 11.8 Å². The summed E-state index contributed by atoms with van der Waals surface area (Å²) >= 11 is 0. The monoisotopic (exact) mass is 398 g/mol. The SMILES string of the molecule is CCOC(=O)C(CC#CC(=O)OCc1ccccc1)(CC=C1CC1)C(=O)OCC. The normalized spacial score (nSPS) is 12.3. The molecule has 6 heteroatoms. The zero-order chi connectivity index (χ0) is 21.1. The van der Waals surface area contributed by atoms with Crippen LogP contribution in [-0.2, 0) is 35.2 Å². The van der Waals surface area contributed by atoms with Gasteiger partial charge in [0.2, 0.25) is 0 Å². The maximum absolute atomic E-state index is 12.7. The highest BCUT2D eigenvalue weighted by atomic mass is 16.6. The Bertz CT molecular complexity index is 789. The Balaban J connectivity index is 2.12. The van der Waals surface area contributed by atoms with Crippen molar-refractivity contribution in [2.75, 3.05) is 13.2 Å². The molecule has 1 aliphatic carbocycles. The van der Waals surface area contributed by atoms with E-state index in [0.29, 0.717) is 0 Å². The van der Waals surface area contributed by atoms with E-state index in [1.807, 2.05) is 36.4 Å². The smallest absolute Gasteiger partial charge is 0.384 e. The number of carbonyl (C=O) groups excluding carboxylic acids is 3. The molecule has 1 fully saturated rings. The van der Waals surface area contributed by atoms with Gasteiger partial charge in [-0.2, -0.15) is 0 Å². The highest BCUT2D eigenvalue weighted by Gasteiger charge is 2.48. The summed E-state index contributed by atoms with van der Waals surface area (Å²) in [6.07, 6.45) is 3.73. The summed E-state index contributed by atoms with van der Waals surface area (Å²) in [6, 6.07) is 9.22. The quantitative estimate of drug-likeness (QED) is 0.159. The maximum Gasteiger partial charge on any atom is 0.384 e. The van der Waals surface area contributed by atoms with Gasteiger partial charge in [-0.1, -0.05) is 47.9 Å². The number of hydrogen-bond donors (Lipinski definition) is 0. The molecule has 0 aromatic heterocycles. The van der Waals surface area contributed by atoms with Crippen LogP contribution in [0, 0.1) is 17.3 Å². The van der Waals surface area contributed by atoms with Crippen molar-refractivity contribution in [3.63, 3.8) is 0 Å². The topological polar surface area (TPSA) is 78.9 Å². The summed E-state index contributed by atoms with van der Waals surface area (Å²) in [5.74, 6) is 2.88. The van der Waals surface area contributed by atoms with Crippen molar-refractivity contribution >= 4 is 17.9 Å². The molecule has 0 saturated heterocycles. The first-order valence-corrected chi connectivity index (χ1v) is 9.73. The summed E-state index contributed by atoms with van der Waals surface area (Å²) in [4.78, 5) is 37.3. The molecule has 0 heterocycles. The Hall–Kier alpha value is -3.07. The van der Waals surface area contributed by atoms with Crippen molar-refractivity contribution < 1.29 is 28.6 Å². The predicted octanol–water partition coefficient (Wildman–Crippen LogP) is 3.35. The van der Waals surface area contributed by atoms with Gasteiger partial charge in [-0.05, 0) is 38.7 Å². The second-order valence-electron chi connectivity index (χ2n) is 6.63. The number of hydrogen-bond acceptors (Lipinski definition) is 6. The molecule has 154 valence electrons. The molecule has 0 spiro atoms. The highest BCUT2D eigenvalue weighted by molar-refractivity contribution is 6.01. The summed E-state index contributed by atoms with van der Waals surface area (Å²) < 4.78 is 15.4. The molecular formula is C23H26O6. The Morgan fingerprint density at radius 3 is 2.17 bits per heavy atom. The average molecular weight is 398 g/mol. The second kappa shape index (κ2) is 11.1. The first kappa shape index (κ1) is 22.2. The van der Waals surface area contributed by atoms with Crippen LogP contribution < -0.4 is 0 Å². The molecule has 0 amide bonds. The van der Waals surface area contributed by atoms with E-state index < -0.39 is 23.3 Å². The lowest BCUT2D eigenvalue weighted by Gasteiger charge is -2.26. The minimum Gasteiger partial charge on any atom is -0.465 e. The number of esters is 3. The number of rotatable bonds is 9. The van der Waals surface area contributed by atoms with Crippen molar-refractivity contribution in [1.29, 1.82) is 0 Å². The van der Waals surface area contributed by atoms with Crippen molar-refractivity contribution in [2.24, 2.45) is 5.41 Å². The minimum atomic E-state index is -1.59. The largest absolute Gasteiger partial charge is 0.465 e. The van der Waals surface area contributed by atoms with E-state index in [-0.39, 0.29) is 32.7 Å². The fourth-order valence-electron chi connectivity index (χ4n) is 2.63. The van der Waals surface area contributed by atoms with Gasteiger partial charge in [-0.3, -0.25) is 9.59 Å². The third-order valence-electron chi connectivity index (χ3n) is 4.40. The average Bonchev–Trinajstić information content (AvgIpc) is 3.54. The lowest BCUT2D eigenvalue weighted by atomic mass is 9.81. The third-order valence-corrected chi connectivity index (χ3v) is 4.40. The van der Waals surface area contributed by atoms with E-state index in [1.165, 1.54) is 5.57 Å². The Labute approximate surface area is 171 Å². The van der Waals surface area contributed by atoms with Crippen LogP contribution >= 0.6 is 0 Å². The van der Waals surface area contributed by atoms with Crippen LogP contribution in [0.25, 0.3) is 0 Å². The van der Waals surface area contributed by atoms with E-state index in [4.69, 9.17) is 14.2 Å². The molecule has 29 heavy (non-hydrogen) atoms. The van der Waals surface area contributed by atoms with Crippen LogP contribution in [0.1, 0.15) is 45.1 Å². The van der Waals surface area contributed by atoms with Gasteiger partial charge in [0.1, 0.15) is 6.61 Å². The van der Waals surface area contributed by atoms with Crippen LogP contribution in [0.2, 0.25) is 0 Å².